The Bertz CT molecular complexity index is 491. The molecule has 1 amide bonds. The first-order chi connectivity index (χ1) is 9.45. The minimum atomic E-state index is -0.851. The van der Waals surface area contributed by atoms with E-state index in [9.17, 15) is 9.90 Å². The van der Waals surface area contributed by atoms with Gasteiger partial charge in [-0.25, -0.2) is 0 Å². The van der Waals surface area contributed by atoms with Crippen LogP contribution in [0.2, 0.25) is 0 Å². The van der Waals surface area contributed by atoms with E-state index in [-0.39, 0.29) is 5.91 Å². The van der Waals surface area contributed by atoms with Crippen molar-refractivity contribution in [3.63, 3.8) is 0 Å². The average molecular weight is 277 g/mol. The van der Waals surface area contributed by atoms with Crippen LogP contribution in [-0.2, 0) is 4.79 Å². The zero-order chi connectivity index (χ0) is 14.9. The summed E-state index contributed by atoms with van der Waals surface area (Å²) in [5.74, 6) is -0.106. The number of likely N-dealkylation sites (N-methyl/N-ethyl adjacent to an activating group) is 2. The summed E-state index contributed by atoms with van der Waals surface area (Å²) in [6, 6.07) is 0. The molecule has 1 aliphatic heterocycles. The quantitative estimate of drug-likeness (QED) is 0.785. The molecule has 1 fully saturated rings. The van der Waals surface area contributed by atoms with Crippen LogP contribution in [0.4, 0.5) is 0 Å². The van der Waals surface area contributed by atoms with Gasteiger partial charge < -0.3 is 14.9 Å². The fourth-order valence-electron chi connectivity index (χ4n) is 2.52. The Labute approximate surface area is 120 Å². The molecule has 0 aromatic heterocycles. The summed E-state index contributed by atoms with van der Waals surface area (Å²) in [5, 5.41) is 9.99. The van der Waals surface area contributed by atoms with Gasteiger partial charge in [-0.05, 0) is 37.5 Å². The van der Waals surface area contributed by atoms with E-state index in [1.54, 1.807) is 11.9 Å². The summed E-state index contributed by atoms with van der Waals surface area (Å²) in [6.45, 7) is 2.37. The van der Waals surface area contributed by atoms with Crippen molar-refractivity contribution in [2.75, 3.05) is 27.7 Å². The van der Waals surface area contributed by atoms with E-state index < -0.39 is 6.35 Å². The van der Waals surface area contributed by atoms with Gasteiger partial charge >= 0.3 is 0 Å². The molecule has 0 aromatic rings. The van der Waals surface area contributed by atoms with E-state index in [0.29, 0.717) is 12.2 Å². The summed E-state index contributed by atoms with van der Waals surface area (Å²) < 4.78 is 0. The molecule has 1 unspecified atom stereocenters. The zero-order valence-corrected chi connectivity index (χ0v) is 12.6. The molecule has 110 valence electrons. The number of aliphatic hydroxyl groups is 1. The Kier molecular flexibility index (Phi) is 4.18. The Hall–Kier alpha value is -1.75. The molecule has 1 atom stereocenters. The van der Waals surface area contributed by atoms with Crippen LogP contribution in [0.3, 0.4) is 0 Å². The minimum absolute atomic E-state index is 0.106. The first kappa shape index (κ1) is 14.7. The minimum Gasteiger partial charge on any atom is -0.381 e. The molecule has 20 heavy (non-hydrogen) atoms. The summed E-state index contributed by atoms with van der Waals surface area (Å²) >= 11 is 0. The fraction of sp³-hybridized carbons (Fsp3) is 0.533. The summed E-state index contributed by atoms with van der Waals surface area (Å²) in [5.41, 5.74) is 2.97. The number of rotatable bonds is 3. The number of nitrogens with zero attached hydrogens (tertiary/aromatic N) is 3. The molecule has 0 bridgehead atoms. The predicted molar refractivity (Wildman–Crippen MR) is 78.3 cm³/mol. The molecule has 0 saturated carbocycles. The fourth-order valence-corrected chi connectivity index (χ4v) is 2.52. The molecule has 0 radical (unpaired) electrons. The van der Waals surface area contributed by atoms with Crippen molar-refractivity contribution < 1.29 is 9.90 Å². The maximum atomic E-state index is 12.2. The number of amides is 1. The molecule has 0 aromatic carbocycles. The number of carbonyl (C=O) groups is 1. The summed E-state index contributed by atoms with van der Waals surface area (Å²) in [4.78, 5) is 17.4. The molecule has 1 aliphatic carbocycles. The van der Waals surface area contributed by atoms with Crippen molar-refractivity contribution in [1.82, 2.24) is 14.7 Å². The highest BCUT2D eigenvalue weighted by atomic mass is 16.3. The van der Waals surface area contributed by atoms with Crippen molar-refractivity contribution in [1.29, 1.82) is 0 Å². The summed E-state index contributed by atoms with van der Waals surface area (Å²) in [7, 11) is 5.81. The van der Waals surface area contributed by atoms with Gasteiger partial charge in [-0.1, -0.05) is 6.08 Å². The van der Waals surface area contributed by atoms with Crippen molar-refractivity contribution in [2.24, 2.45) is 0 Å². The predicted octanol–water partition coefficient (Wildman–Crippen LogP) is 1.11. The van der Waals surface area contributed by atoms with Crippen LogP contribution in [0.1, 0.15) is 19.8 Å². The second-order valence-corrected chi connectivity index (χ2v) is 5.37. The molecular formula is C15H23N3O2. The van der Waals surface area contributed by atoms with Gasteiger partial charge in [0.25, 0.3) is 5.91 Å². The molecule has 2 rings (SSSR count). The van der Waals surface area contributed by atoms with E-state index in [1.807, 2.05) is 33.2 Å². The maximum Gasteiger partial charge on any atom is 0.273 e. The average Bonchev–Trinajstić information content (AvgIpc) is 2.63. The van der Waals surface area contributed by atoms with Gasteiger partial charge in [0.2, 0.25) is 6.35 Å². The third-order valence-electron chi connectivity index (χ3n) is 3.88. The molecule has 1 saturated heterocycles. The van der Waals surface area contributed by atoms with Crippen LogP contribution in [0, 0.1) is 0 Å². The van der Waals surface area contributed by atoms with E-state index in [0.717, 1.165) is 18.4 Å². The maximum absolute atomic E-state index is 12.2. The van der Waals surface area contributed by atoms with Crippen LogP contribution in [-0.4, -0.2) is 59.8 Å². The highest BCUT2D eigenvalue weighted by Gasteiger charge is 2.37. The van der Waals surface area contributed by atoms with Gasteiger partial charge in [0.15, 0.2) is 0 Å². The third kappa shape index (κ3) is 2.58. The second kappa shape index (κ2) is 5.71. The van der Waals surface area contributed by atoms with Crippen LogP contribution in [0.5, 0.6) is 0 Å². The molecule has 5 heteroatoms. The largest absolute Gasteiger partial charge is 0.381 e. The van der Waals surface area contributed by atoms with Gasteiger partial charge in [-0.3, -0.25) is 9.69 Å². The molecule has 5 nitrogen and oxygen atoms in total. The smallest absolute Gasteiger partial charge is 0.273 e. The lowest BCUT2D eigenvalue weighted by molar-refractivity contribution is -0.133. The highest BCUT2D eigenvalue weighted by Crippen LogP contribution is 2.26. The van der Waals surface area contributed by atoms with Crippen LogP contribution < -0.4 is 0 Å². The van der Waals surface area contributed by atoms with Crippen LogP contribution >= 0.6 is 0 Å². The van der Waals surface area contributed by atoms with Crippen molar-refractivity contribution in [3.8, 4) is 0 Å². The topological polar surface area (TPSA) is 47.0 Å². The lowest BCUT2D eigenvalue weighted by Gasteiger charge is -2.22. The Balaban J connectivity index is 2.22. The number of allylic oxidation sites excluding steroid dienone is 5. The van der Waals surface area contributed by atoms with Gasteiger partial charge in [0.05, 0.1) is 0 Å². The SMILES string of the molecule is CCN1C(=O)/C(=C\C2=CC=C(N(C)C)CC2)N(C)C1O. The van der Waals surface area contributed by atoms with Crippen molar-refractivity contribution >= 4 is 5.91 Å². The first-order valence-electron chi connectivity index (χ1n) is 6.96. The zero-order valence-electron chi connectivity index (χ0n) is 12.6. The first-order valence-corrected chi connectivity index (χ1v) is 6.96. The lowest BCUT2D eigenvalue weighted by Crippen LogP contribution is -2.37. The number of carbonyl (C=O) groups excluding carboxylic acids is 1. The molecule has 1 heterocycles. The monoisotopic (exact) mass is 277 g/mol. The highest BCUT2D eigenvalue weighted by molar-refractivity contribution is 5.95. The Morgan fingerprint density at radius 3 is 2.55 bits per heavy atom. The Morgan fingerprint density at radius 2 is 2.10 bits per heavy atom. The van der Waals surface area contributed by atoms with Gasteiger partial charge in [-0.2, -0.15) is 0 Å². The normalized spacial score (nSPS) is 25.1. The van der Waals surface area contributed by atoms with E-state index in [2.05, 4.69) is 11.0 Å². The van der Waals surface area contributed by atoms with E-state index >= 15 is 0 Å². The lowest BCUT2D eigenvalue weighted by atomic mass is 10.0. The number of hydrogen-bond donors (Lipinski definition) is 1. The van der Waals surface area contributed by atoms with Crippen LogP contribution in [0.15, 0.2) is 35.2 Å². The van der Waals surface area contributed by atoms with Gasteiger partial charge in [0.1, 0.15) is 5.70 Å². The standard InChI is InChI=1S/C15H23N3O2/c1-5-18-14(19)13(17(4)15(18)20)10-11-6-8-12(9-7-11)16(2)3/h6,8,10,15,20H,5,7,9H2,1-4H3/b13-10+. The van der Waals surface area contributed by atoms with E-state index in [4.69, 9.17) is 0 Å². The van der Waals surface area contributed by atoms with Crippen LogP contribution in [0.25, 0.3) is 0 Å². The van der Waals surface area contributed by atoms with Gasteiger partial charge in [0, 0.05) is 33.4 Å². The molecule has 0 spiro atoms. The Morgan fingerprint density at radius 1 is 1.40 bits per heavy atom. The number of hydrogen-bond acceptors (Lipinski definition) is 4. The van der Waals surface area contributed by atoms with Crippen molar-refractivity contribution in [3.05, 3.63) is 35.2 Å². The second-order valence-electron chi connectivity index (χ2n) is 5.37. The van der Waals surface area contributed by atoms with E-state index in [1.165, 1.54) is 10.6 Å². The molecular weight excluding hydrogens is 254 g/mol. The third-order valence-corrected chi connectivity index (χ3v) is 3.88. The van der Waals surface area contributed by atoms with Gasteiger partial charge in [-0.15, -0.1) is 0 Å². The van der Waals surface area contributed by atoms with Crippen molar-refractivity contribution in [2.45, 2.75) is 26.1 Å². The molecule has 1 N–H and O–H groups in total. The number of aliphatic hydroxyl groups excluding tert-OH is 1. The summed E-state index contributed by atoms with van der Waals surface area (Å²) in [6.07, 6.45) is 7.06. The molecule has 2 aliphatic rings.